The first-order valence-electron chi connectivity index (χ1n) is 12.3. The largest absolute Gasteiger partial charge is 0.381 e. The molecule has 0 radical (unpaired) electrons. The van der Waals surface area contributed by atoms with Crippen LogP contribution in [0.3, 0.4) is 0 Å². The Morgan fingerprint density at radius 3 is 2.59 bits per heavy atom. The van der Waals surface area contributed by atoms with Gasteiger partial charge in [-0.3, -0.25) is 9.69 Å². The summed E-state index contributed by atoms with van der Waals surface area (Å²) in [7, 11) is 1.83. The first kappa shape index (κ1) is 21.7. The minimum atomic E-state index is -0.394. The molecule has 174 valence electrons. The van der Waals surface area contributed by atoms with Crippen LogP contribution in [-0.4, -0.2) is 91.2 Å². The highest BCUT2D eigenvalue weighted by Crippen LogP contribution is 2.53. The minimum Gasteiger partial charge on any atom is -0.381 e. The van der Waals surface area contributed by atoms with Crippen LogP contribution >= 0.6 is 0 Å². The number of fused-ring (bicyclic) bond motifs is 2. The van der Waals surface area contributed by atoms with Crippen LogP contribution in [0.15, 0.2) is 30.3 Å². The van der Waals surface area contributed by atoms with E-state index in [-0.39, 0.29) is 18.0 Å². The molecule has 0 aromatic heterocycles. The van der Waals surface area contributed by atoms with Crippen molar-refractivity contribution < 1.29 is 14.3 Å². The molecule has 1 N–H and O–H groups in total. The Hall–Kier alpha value is -2.12. The smallest absolute Gasteiger partial charge is 0.319 e. The van der Waals surface area contributed by atoms with E-state index < -0.39 is 5.41 Å². The zero-order valence-corrected chi connectivity index (χ0v) is 19.2. The average Bonchev–Trinajstić information content (AvgIpc) is 3.48. The van der Waals surface area contributed by atoms with Gasteiger partial charge in [-0.2, -0.15) is 0 Å². The molecule has 7 heteroatoms. The number of nitrogens with zero attached hydrogens (tertiary/aromatic N) is 3. The fourth-order valence-electron chi connectivity index (χ4n) is 6.63. The number of urea groups is 1. The SMILES string of the molecule is CN1CCN(CCNC(=O)[C@@]2(Cc3ccccc3)C[C@H]3CC[C@@H]2N3C2CCOCC2)C1=O. The van der Waals surface area contributed by atoms with Crippen LogP contribution in [0.4, 0.5) is 4.79 Å². The number of hydrogen-bond acceptors (Lipinski definition) is 4. The molecule has 3 atom stereocenters. The molecule has 0 saturated carbocycles. The summed E-state index contributed by atoms with van der Waals surface area (Å²) in [4.78, 5) is 32.3. The van der Waals surface area contributed by atoms with Crippen molar-refractivity contribution in [2.24, 2.45) is 5.41 Å². The number of carbonyl (C=O) groups is 2. The van der Waals surface area contributed by atoms with Crippen molar-refractivity contribution in [2.75, 3.05) is 46.4 Å². The van der Waals surface area contributed by atoms with E-state index in [9.17, 15) is 9.59 Å². The Morgan fingerprint density at radius 1 is 1.09 bits per heavy atom. The summed E-state index contributed by atoms with van der Waals surface area (Å²) in [5.41, 5.74) is 0.840. The normalized spacial score (nSPS) is 31.0. The molecule has 5 rings (SSSR count). The van der Waals surface area contributed by atoms with Crippen molar-refractivity contribution in [3.8, 4) is 0 Å². The van der Waals surface area contributed by atoms with Crippen LogP contribution in [0.1, 0.15) is 37.7 Å². The highest BCUT2D eigenvalue weighted by atomic mass is 16.5. The predicted octanol–water partition coefficient (Wildman–Crippen LogP) is 2.11. The fraction of sp³-hybridized carbons (Fsp3) is 0.680. The van der Waals surface area contributed by atoms with Gasteiger partial charge in [-0.1, -0.05) is 30.3 Å². The standard InChI is InChI=1S/C25H36N4O3/c1-27-13-14-28(24(27)31)12-11-26-23(30)25(17-19-5-3-2-4-6-19)18-21-7-8-22(25)29(21)20-9-15-32-16-10-20/h2-6,20-22H,7-18H2,1H3,(H,26,30)/t21-,22+,25+/m1/s1. The highest BCUT2D eigenvalue weighted by molar-refractivity contribution is 5.85. The third kappa shape index (κ3) is 3.90. The maximum absolute atomic E-state index is 13.8. The molecular weight excluding hydrogens is 404 g/mol. The van der Waals surface area contributed by atoms with Gasteiger partial charge in [0.15, 0.2) is 0 Å². The lowest BCUT2D eigenvalue weighted by molar-refractivity contribution is -0.133. The molecule has 4 aliphatic heterocycles. The number of rotatable bonds is 7. The topological polar surface area (TPSA) is 65.1 Å². The lowest BCUT2D eigenvalue weighted by Gasteiger charge is -2.39. The summed E-state index contributed by atoms with van der Waals surface area (Å²) >= 11 is 0. The lowest BCUT2D eigenvalue weighted by Crippen LogP contribution is -2.53. The van der Waals surface area contributed by atoms with Gasteiger partial charge in [0.05, 0.1) is 5.41 Å². The first-order valence-corrected chi connectivity index (χ1v) is 12.3. The summed E-state index contributed by atoms with van der Waals surface area (Å²) in [6, 6.07) is 11.8. The van der Waals surface area contributed by atoms with Gasteiger partial charge >= 0.3 is 6.03 Å². The second kappa shape index (κ2) is 9.02. The molecule has 2 bridgehead atoms. The van der Waals surface area contributed by atoms with Gasteiger partial charge in [0.2, 0.25) is 5.91 Å². The zero-order chi connectivity index (χ0) is 22.1. The molecule has 4 saturated heterocycles. The summed E-state index contributed by atoms with van der Waals surface area (Å²) in [5.74, 6) is 0.172. The Balaban J connectivity index is 1.32. The van der Waals surface area contributed by atoms with Crippen LogP contribution in [0, 0.1) is 5.41 Å². The molecule has 4 aliphatic rings. The molecule has 3 amide bonds. The average molecular weight is 441 g/mol. The molecule has 1 aromatic rings. The third-order valence-corrected chi connectivity index (χ3v) is 8.19. The lowest BCUT2D eigenvalue weighted by atomic mass is 9.69. The van der Waals surface area contributed by atoms with Gasteiger partial charge in [-0.25, -0.2) is 4.79 Å². The van der Waals surface area contributed by atoms with E-state index in [1.54, 1.807) is 4.90 Å². The predicted molar refractivity (Wildman–Crippen MR) is 122 cm³/mol. The van der Waals surface area contributed by atoms with E-state index >= 15 is 0 Å². The zero-order valence-electron chi connectivity index (χ0n) is 19.2. The highest BCUT2D eigenvalue weighted by Gasteiger charge is 2.60. The van der Waals surface area contributed by atoms with Crippen molar-refractivity contribution in [1.82, 2.24) is 20.0 Å². The van der Waals surface area contributed by atoms with E-state index in [0.29, 0.717) is 25.2 Å². The quantitative estimate of drug-likeness (QED) is 0.705. The second-order valence-corrected chi connectivity index (χ2v) is 10.0. The second-order valence-electron chi connectivity index (χ2n) is 10.0. The number of ether oxygens (including phenoxy) is 1. The number of likely N-dealkylation sites (N-methyl/N-ethyl adjacent to an activating group) is 1. The van der Waals surface area contributed by atoms with Crippen LogP contribution in [0.2, 0.25) is 0 Å². The molecular formula is C25H36N4O3. The molecule has 0 unspecified atom stereocenters. The summed E-state index contributed by atoms with van der Waals surface area (Å²) < 4.78 is 5.62. The molecule has 7 nitrogen and oxygen atoms in total. The number of carbonyl (C=O) groups excluding carboxylic acids is 2. The summed E-state index contributed by atoms with van der Waals surface area (Å²) in [6.45, 7) is 4.25. The number of amides is 3. The monoisotopic (exact) mass is 440 g/mol. The molecule has 0 spiro atoms. The third-order valence-electron chi connectivity index (χ3n) is 8.19. The Kier molecular flexibility index (Phi) is 6.12. The number of hydrogen-bond donors (Lipinski definition) is 1. The van der Waals surface area contributed by atoms with Crippen molar-refractivity contribution in [1.29, 1.82) is 0 Å². The van der Waals surface area contributed by atoms with E-state index in [1.165, 1.54) is 12.0 Å². The van der Waals surface area contributed by atoms with E-state index in [1.807, 2.05) is 18.0 Å². The maximum Gasteiger partial charge on any atom is 0.319 e. The van der Waals surface area contributed by atoms with Crippen molar-refractivity contribution in [2.45, 2.75) is 56.7 Å². The van der Waals surface area contributed by atoms with Crippen molar-refractivity contribution >= 4 is 11.9 Å². The van der Waals surface area contributed by atoms with Gasteiger partial charge in [0.25, 0.3) is 0 Å². The van der Waals surface area contributed by atoms with Crippen LogP contribution < -0.4 is 5.32 Å². The Bertz CT molecular complexity index is 828. The van der Waals surface area contributed by atoms with Crippen LogP contribution in [0.5, 0.6) is 0 Å². The first-order chi connectivity index (χ1) is 15.6. The Labute approximate surface area is 191 Å². The molecule has 32 heavy (non-hydrogen) atoms. The van der Waals surface area contributed by atoms with Gasteiger partial charge < -0.3 is 19.9 Å². The molecule has 4 fully saturated rings. The van der Waals surface area contributed by atoms with E-state index in [2.05, 4.69) is 34.5 Å². The molecule has 4 heterocycles. The molecule has 1 aromatic carbocycles. The van der Waals surface area contributed by atoms with Crippen molar-refractivity contribution in [3.05, 3.63) is 35.9 Å². The van der Waals surface area contributed by atoms with Crippen LogP contribution in [-0.2, 0) is 16.0 Å². The van der Waals surface area contributed by atoms with E-state index in [4.69, 9.17) is 4.74 Å². The van der Waals surface area contributed by atoms with Crippen LogP contribution in [0.25, 0.3) is 0 Å². The minimum absolute atomic E-state index is 0.0591. The number of nitrogens with one attached hydrogen (secondary N) is 1. The van der Waals surface area contributed by atoms with Crippen molar-refractivity contribution in [3.63, 3.8) is 0 Å². The van der Waals surface area contributed by atoms with E-state index in [0.717, 1.165) is 58.4 Å². The molecule has 0 aliphatic carbocycles. The van der Waals surface area contributed by atoms with Gasteiger partial charge in [-0.15, -0.1) is 0 Å². The van der Waals surface area contributed by atoms with Gasteiger partial charge in [-0.05, 0) is 44.1 Å². The van der Waals surface area contributed by atoms with Gasteiger partial charge in [0, 0.05) is 64.6 Å². The fourth-order valence-corrected chi connectivity index (χ4v) is 6.63. The summed E-state index contributed by atoms with van der Waals surface area (Å²) in [5, 5.41) is 3.25. The Morgan fingerprint density at radius 2 is 1.88 bits per heavy atom. The van der Waals surface area contributed by atoms with Gasteiger partial charge in [0.1, 0.15) is 0 Å². The summed E-state index contributed by atoms with van der Waals surface area (Å²) in [6.07, 6.45) is 6.15. The maximum atomic E-state index is 13.8. The number of benzene rings is 1.